The molecule has 13 nitrogen and oxygen atoms in total. The molecule has 7 N–H and O–H groups in total. The molecule has 0 aromatic carbocycles. The van der Waals surface area contributed by atoms with E-state index in [0.717, 1.165) is 6.92 Å². The third-order valence-electron chi connectivity index (χ3n) is 4.35. The molecule has 0 aromatic heterocycles. The predicted octanol–water partition coefficient (Wildman–Crippen LogP) is -3.40. The first-order chi connectivity index (χ1) is 13.9. The van der Waals surface area contributed by atoms with Crippen molar-refractivity contribution < 1.29 is 54.2 Å². The van der Waals surface area contributed by atoms with E-state index in [2.05, 4.69) is 10.6 Å². The Bertz CT molecular complexity index is 643. The Morgan fingerprint density at radius 2 is 1.87 bits per heavy atom. The van der Waals surface area contributed by atoms with Gasteiger partial charge in [0.25, 0.3) is 5.79 Å². The van der Waals surface area contributed by atoms with Crippen molar-refractivity contribution in [3.05, 3.63) is 0 Å². The third kappa shape index (κ3) is 7.18. The van der Waals surface area contributed by atoms with Crippen molar-refractivity contribution in [1.82, 2.24) is 10.6 Å². The van der Waals surface area contributed by atoms with E-state index >= 15 is 0 Å². The van der Waals surface area contributed by atoms with Crippen molar-refractivity contribution in [2.75, 3.05) is 13.2 Å². The normalized spacial score (nSPS) is 28.1. The van der Waals surface area contributed by atoms with Gasteiger partial charge in [-0.3, -0.25) is 14.4 Å². The van der Waals surface area contributed by atoms with E-state index in [1.54, 1.807) is 0 Å². The molecule has 0 bridgehead atoms. The second kappa shape index (κ2) is 11.2. The fraction of sp³-hybridized carbons (Fsp3) is 0.765. The van der Waals surface area contributed by atoms with E-state index in [4.69, 9.17) is 14.6 Å². The minimum absolute atomic E-state index is 0.103. The first-order valence-electron chi connectivity index (χ1n) is 9.28. The molecule has 13 heteroatoms. The molecule has 2 amide bonds. The maximum absolute atomic E-state index is 12.0. The zero-order chi connectivity index (χ0) is 23.1. The number of carboxylic acid groups (broad SMARTS) is 1. The minimum Gasteiger partial charge on any atom is -0.481 e. The summed E-state index contributed by atoms with van der Waals surface area (Å²) in [7, 11) is 0. The fourth-order valence-electron chi connectivity index (χ4n) is 2.91. The van der Waals surface area contributed by atoms with Crippen LogP contribution in [0.3, 0.4) is 0 Å². The van der Waals surface area contributed by atoms with Gasteiger partial charge in [-0.15, -0.1) is 0 Å². The highest BCUT2D eigenvalue weighted by Crippen LogP contribution is 2.31. The molecule has 0 radical (unpaired) electrons. The average Bonchev–Trinajstić information content (AvgIpc) is 2.65. The number of carbonyl (C=O) groups is 4. The summed E-state index contributed by atoms with van der Waals surface area (Å²) in [5, 5.41) is 54.5. The molecule has 1 fully saturated rings. The van der Waals surface area contributed by atoms with Crippen LogP contribution in [0.2, 0.25) is 0 Å². The number of nitrogens with one attached hydrogen (secondary N) is 2. The monoisotopic (exact) mass is 436 g/mol. The van der Waals surface area contributed by atoms with Crippen molar-refractivity contribution in [1.29, 1.82) is 0 Å². The van der Waals surface area contributed by atoms with Crippen molar-refractivity contribution >= 4 is 23.8 Å². The summed E-state index contributed by atoms with van der Waals surface area (Å²) in [6.45, 7) is 1.97. The zero-order valence-electron chi connectivity index (χ0n) is 16.6. The van der Waals surface area contributed by atoms with Gasteiger partial charge in [0.2, 0.25) is 11.8 Å². The smallest absolute Gasteiger partial charge is 0.366 e. The molecule has 1 aliphatic heterocycles. The van der Waals surface area contributed by atoms with E-state index in [9.17, 15) is 39.6 Å². The summed E-state index contributed by atoms with van der Waals surface area (Å²) in [5.74, 6) is -6.36. The Balaban J connectivity index is 2.92. The number of hydrogen-bond donors (Lipinski definition) is 7. The molecule has 0 spiro atoms. The molecule has 1 rings (SSSR count). The first kappa shape index (κ1) is 25.7. The Morgan fingerprint density at radius 3 is 2.40 bits per heavy atom. The number of aliphatic hydroxyl groups is 4. The summed E-state index contributed by atoms with van der Waals surface area (Å²) in [6, 6.07) is -1.30. The molecule has 1 heterocycles. The van der Waals surface area contributed by atoms with E-state index in [1.807, 2.05) is 0 Å². The van der Waals surface area contributed by atoms with Gasteiger partial charge in [0.05, 0.1) is 31.3 Å². The second-order valence-electron chi connectivity index (χ2n) is 6.84. The summed E-state index contributed by atoms with van der Waals surface area (Å²) in [4.78, 5) is 45.5. The minimum atomic E-state index is -2.64. The van der Waals surface area contributed by atoms with Crippen LogP contribution < -0.4 is 10.6 Å². The predicted molar refractivity (Wildman–Crippen MR) is 96.6 cm³/mol. The number of aliphatic carboxylic acids is 1. The SMILES string of the molecule is CCOC(=O)[C@]1(O)C[C@H](O)[C@@H](NC(C)=O)C([C@H](O)[C@H](O)CNC(=O)CCC(=O)O)O1. The van der Waals surface area contributed by atoms with Gasteiger partial charge in [0, 0.05) is 26.3 Å². The van der Waals surface area contributed by atoms with Crippen molar-refractivity contribution in [3.8, 4) is 0 Å². The molecule has 1 unspecified atom stereocenters. The summed E-state index contributed by atoms with van der Waals surface area (Å²) in [6.07, 6.45) is -8.24. The first-order valence-corrected chi connectivity index (χ1v) is 9.28. The van der Waals surface area contributed by atoms with E-state index in [1.165, 1.54) is 6.92 Å². The van der Waals surface area contributed by atoms with E-state index in [-0.39, 0.29) is 13.0 Å². The molecule has 1 saturated heterocycles. The Morgan fingerprint density at radius 1 is 1.23 bits per heavy atom. The standard InChI is InChI=1S/C17H28N2O11/c1-3-29-16(27)17(28)6-9(21)13(19-8(2)20)15(30-17)14(26)10(22)7-18-11(23)4-5-12(24)25/h9-10,13-15,21-22,26,28H,3-7H2,1-2H3,(H,18,23)(H,19,20)(H,24,25)/t9-,10+,13+,14+,15?,17-/m0/s1. The largest absolute Gasteiger partial charge is 0.481 e. The molecule has 172 valence electrons. The molecule has 6 atom stereocenters. The number of ether oxygens (including phenoxy) is 2. The van der Waals surface area contributed by atoms with Gasteiger partial charge in [-0.1, -0.05) is 0 Å². The van der Waals surface area contributed by atoms with Crippen molar-refractivity contribution in [3.63, 3.8) is 0 Å². The summed E-state index contributed by atoms with van der Waals surface area (Å²) >= 11 is 0. The Kier molecular flexibility index (Phi) is 9.58. The van der Waals surface area contributed by atoms with Crippen LogP contribution in [0.5, 0.6) is 0 Å². The van der Waals surface area contributed by atoms with Gasteiger partial charge in [-0.05, 0) is 6.92 Å². The van der Waals surface area contributed by atoms with Crippen molar-refractivity contribution in [2.24, 2.45) is 0 Å². The molecule has 0 saturated carbocycles. The number of aliphatic hydroxyl groups excluding tert-OH is 3. The maximum atomic E-state index is 12.0. The number of amides is 2. The fourth-order valence-corrected chi connectivity index (χ4v) is 2.91. The number of carbonyl (C=O) groups excluding carboxylic acids is 3. The van der Waals surface area contributed by atoms with Crippen LogP contribution in [0.25, 0.3) is 0 Å². The summed E-state index contributed by atoms with van der Waals surface area (Å²) < 4.78 is 9.95. The molecule has 0 aliphatic carbocycles. The van der Waals surface area contributed by atoms with Crippen LogP contribution in [-0.4, -0.2) is 98.7 Å². The number of carboxylic acids is 1. The van der Waals surface area contributed by atoms with Gasteiger partial charge in [-0.2, -0.15) is 0 Å². The highest BCUT2D eigenvalue weighted by atomic mass is 16.7. The van der Waals surface area contributed by atoms with Crippen LogP contribution in [-0.2, 0) is 28.7 Å². The van der Waals surface area contributed by atoms with Crippen LogP contribution in [0, 0.1) is 0 Å². The van der Waals surface area contributed by atoms with Gasteiger partial charge < -0.3 is 45.6 Å². The van der Waals surface area contributed by atoms with Crippen LogP contribution in [0.1, 0.15) is 33.1 Å². The van der Waals surface area contributed by atoms with Gasteiger partial charge in [0.15, 0.2) is 0 Å². The van der Waals surface area contributed by atoms with Gasteiger partial charge in [-0.25, -0.2) is 4.79 Å². The maximum Gasteiger partial charge on any atom is 0.366 e. The topological polar surface area (TPSA) is 212 Å². The van der Waals surface area contributed by atoms with Gasteiger partial charge >= 0.3 is 11.9 Å². The molecular weight excluding hydrogens is 408 g/mol. The zero-order valence-corrected chi connectivity index (χ0v) is 16.6. The lowest BCUT2D eigenvalue weighted by Gasteiger charge is -2.45. The molecule has 30 heavy (non-hydrogen) atoms. The molecular formula is C17H28N2O11. The average molecular weight is 436 g/mol. The van der Waals surface area contributed by atoms with Crippen LogP contribution in [0.15, 0.2) is 0 Å². The highest BCUT2D eigenvalue weighted by Gasteiger charge is 2.54. The number of hydrogen-bond acceptors (Lipinski definition) is 10. The van der Waals surface area contributed by atoms with E-state index < -0.39 is 79.4 Å². The summed E-state index contributed by atoms with van der Waals surface area (Å²) in [5.41, 5.74) is 0. The van der Waals surface area contributed by atoms with Gasteiger partial charge in [0.1, 0.15) is 12.2 Å². The third-order valence-corrected chi connectivity index (χ3v) is 4.35. The molecule has 1 aliphatic rings. The lowest BCUT2D eigenvalue weighted by Crippen LogP contribution is -2.67. The highest BCUT2D eigenvalue weighted by molar-refractivity contribution is 5.80. The quantitative estimate of drug-likeness (QED) is 0.168. The lowest BCUT2D eigenvalue weighted by atomic mass is 9.88. The van der Waals surface area contributed by atoms with Crippen molar-refractivity contribution in [2.45, 2.75) is 69.4 Å². The number of rotatable bonds is 10. The van der Waals surface area contributed by atoms with Crippen LogP contribution in [0.4, 0.5) is 0 Å². The van der Waals surface area contributed by atoms with Crippen LogP contribution >= 0.6 is 0 Å². The Labute approximate surface area is 172 Å². The lowest BCUT2D eigenvalue weighted by molar-refractivity contribution is -0.296. The molecule has 0 aromatic rings. The van der Waals surface area contributed by atoms with E-state index in [0.29, 0.717) is 0 Å². The Hall–Kier alpha value is -2.32. The second-order valence-corrected chi connectivity index (χ2v) is 6.84. The number of esters is 1.